The summed E-state index contributed by atoms with van der Waals surface area (Å²) in [6.45, 7) is 0. The second-order valence-corrected chi connectivity index (χ2v) is 5.32. The molecule has 98 valence electrons. The van der Waals surface area contributed by atoms with Gasteiger partial charge in [0.25, 0.3) is 5.91 Å². The summed E-state index contributed by atoms with van der Waals surface area (Å²) in [7, 11) is 0. The van der Waals surface area contributed by atoms with Crippen LogP contribution in [0.4, 0.5) is 10.1 Å². The number of para-hydroxylation sites is 1. The summed E-state index contributed by atoms with van der Waals surface area (Å²) in [6, 6.07) is 9.09. The Kier molecular flexibility index (Phi) is 4.45. The number of hydrogen-bond acceptors (Lipinski definition) is 1. The number of carbonyl (C=O) groups excluding carboxylic acids is 1. The van der Waals surface area contributed by atoms with Crippen molar-refractivity contribution < 1.29 is 9.18 Å². The second kappa shape index (κ2) is 5.90. The molecule has 0 aliphatic heterocycles. The van der Waals surface area contributed by atoms with Crippen molar-refractivity contribution in [2.45, 2.75) is 0 Å². The molecule has 1 amide bonds. The molecule has 2 aromatic rings. The Hall–Kier alpha value is -1.10. The van der Waals surface area contributed by atoms with Gasteiger partial charge in [0.1, 0.15) is 5.82 Å². The molecule has 0 spiro atoms. The predicted octanol–water partition coefficient (Wildman–Crippen LogP) is 5.15. The van der Waals surface area contributed by atoms with Crippen LogP contribution in [0.25, 0.3) is 0 Å². The summed E-state index contributed by atoms with van der Waals surface area (Å²) in [6.07, 6.45) is 0. The maximum Gasteiger partial charge on any atom is 0.259 e. The second-order valence-electron chi connectivity index (χ2n) is 3.65. The van der Waals surface area contributed by atoms with Crippen molar-refractivity contribution in [3.8, 4) is 0 Å². The van der Waals surface area contributed by atoms with Crippen LogP contribution in [-0.4, -0.2) is 5.91 Å². The fraction of sp³-hybridized carbons (Fsp3) is 0. The molecule has 0 saturated carbocycles. The lowest BCUT2D eigenvalue weighted by atomic mass is 10.2. The molecule has 0 atom stereocenters. The van der Waals surface area contributed by atoms with E-state index in [-0.39, 0.29) is 21.3 Å². The van der Waals surface area contributed by atoms with Gasteiger partial charge in [-0.15, -0.1) is 0 Å². The quantitative estimate of drug-likeness (QED) is 0.786. The van der Waals surface area contributed by atoms with Crippen LogP contribution in [0.1, 0.15) is 10.4 Å². The van der Waals surface area contributed by atoms with Crippen LogP contribution >= 0.6 is 39.1 Å². The predicted molar refractivity (Wildman–Crippen MR) is 78.5 cm³/mol. The van der Waals surface area contributed by atoms with Gasteiger partial charge in [0, 0.05) is 4.47 Å². The van der Waals surface area contributed by atoms with E-state index in [1.807, 2.05) is 0 Å². The largest absolute Gasteiger partial charge is 0.319 e. The van der Waals surface area contributed by atoms with Crippen molar-refractivity contribution in [2.75, 3.05) is 5.32 Å². The van der Waals surface area contributed by atoms with Gasteiger partial charge in [-0.1, -0.05) is 35.3 Å². The van der Waals surface area contributed by atoms with E-state index >= 15 is 0 Å². The van der Waals surface area contributed by atoms with Gasteiger partial charge in [-0.3, -0.25) is 4.79 Å². The van der Waals surface area contributed by atoms with Gasteiger partial charge in [0.2, 0.25) is 0 Å². The van der Waals surface area contributed by atoms with Gasteiger partial charge >= 0.3 is 0 Å². The van der Waals surface area contributed by atoms with Crippen LogP contribution in [0.5, 0.6) is 0 Å². The normalized spacial score (nSPS) is 10.3. The Morgan fingerprint density at radius 3 is 2.26 bits per heavy atom. The molecular weight excluding hydrogens is 356 g/mol. The fourth-order valence-corrected chi connectivity index (χ4v) is 2.52. The zero-order valence-electron chi connectivity index (χ0n) is 9.38. The van der Waals surface area contributed by atoms with Crippen molar-refractivity contribution in [1.82, 2.24) is 0 Å². The smallest absolute Gasteiger partial charge is 0.259 e. The molecule has 0 saturated heterocycles. The lowest BCUT2D eigenvalue weighted by Crippen LogP contribution is -2.15. The minimum Gasteiger partial charge on any atom is -0.319 e. The number of carbonyl (C=O) groups is 1. The number of halogens is 4. The fourth-order valence-electron chi connectivity index (χ4n) is 1.51. The van der Waals surface area contributed by atoms with E-state index in [4.69, 9.17) is 23.2 Å². The Labute approximate surface area is 127 Å². The Morgan fingerprint density at radius 1 is 1.11 bits per heavy atom. The van der Waals surface area contributed by atoms with Crippen LogP contribution in [0.15, 0.2) is 40.9 Å². The highest BCUT2D eigenvalue weighted by Gasteiger charge is 2.17. The standard InChI is InChI=1S/C13H7BrCl2FNO/c14-7-3-1-6-10(17)11(7)13(19)18-12-8(15)4-2-5-9(12)16/h1-6H,(H,18,19). The van der Waals surface area contributed by atoms with Crippen LogP contribution < -0.4 is 5.32 Å². The molecule has 0 bridgehead atoms. The molecule has 0 heterocycles. The van der Waals surface area contributed by atoms with E-state index in [2.05, 4.69) is 21.2 Å². The molecule has 0 fully saturated rings. The van der Waals surface area contributed by atoms with E-state index in [0.29, 0.717) is 4.47 Å². The summed E-state index contributed by atoms with van der Waals surface area (Å²) < 4.78 is 14.0. The minimum absolute atomic E-state index is 0.0986. The Morgan fingerprint density at radius 2 is 1.68 bits per heavy atom. The van der Waals surface area contributed by atoms with Crippen molar-refractivity contribution >= 4 is 50.7 Å². The maximum absolute atomic E-state index is 13.6. The highest BCUT2D eigenvalue weighted by molar-refractivity contribution is 9.10. The summed E-state index contributed by atoms with van der Waals surface area (Å²) in [5.41, 5.74) is 0.157. The highest BCUT2D eigenvalue weighted by atomic mass is 79.9. The topological polar surface area (TPSA) is 29.1 Å². The molecule has 1 N–H and O–H groups in total. The SMILES string of the molecule is O=C(Nc1c(Cl)cccc1Cl)c1c(F)cccc1Br. The molecule has 0 radical (unpaired) electrons. The van der Waals surface area contributed by atoms with Gasteiger partial charge in [-0.2, -0.15) is 0 Å². The van der Waals surface area contributed by atoms with Crippen molar-refractivity contribution in [3.05, 3.63) is 62.3 Å². The molecule has 2 nitrogen and oxygen atoms in total. The minimum atomic E-state index is -0.630. The first-order valence-corrected chi connectivity index (χ1v) is 6.75. The molecule has 2 aromatic carbocycles. The monoisotopic (exact) mass is 361 g/mol. The number of anilines is 1. The molecule has 0 unspecified atom stereocenters. The molecule has 0 aliphatic carbocycles. The number of benzene rings is 2. The average Bonchev–Trinajstić information content (AvgIpc) is 2.34. The molecular formula is C13H7BrCl2FNO. The van der Waals surface area contributed by atoms with Gasteiger partial charge < -0.3 is 5.32 Å². The van der Waals surface area contributed by atoms with E-state index in [9.17, 15) is 9.18 Å². The third kappa shape index (κ3) is 3.08. The van der Waals surface area contributed by atoms with Crippen molar-refractivity contribution in [2.24, 2.45) is 0 Å². The molecule has 6 heteroatoms. The van der Waals surface area contributed by atoms with Crippen LogP contribution in [0.2, 0.25) is 10.0 Å². The number of nitrogens with one attached hydrogen (secondary N) is 1. The van der Waals surface area contributed by atoms with Gasteiger partial charge in [0.05, 0.1) is 21.3 Å². The molecule has 19 heavy (non-hydrogen) atoms. The first kappa shape index (κ1) is 14.3. The van der Waals surface area contributed by atoms with Crippen LogP contribution in [0.3, 0.4) is 0 Å². The van der Waals surface area contributed by atoms with Gasteiger partial charge in [-0.05, 0) is 40.2 Å². The zero-order chi connectivity index (χ0) is 14.0. The summed E-state index contributed by atoms with van der Waals surface area (Å²) >= 11 is 15.0. The van der Waals surface area contributed by atoms with Crippen LogP contribution in [0, 0.1) is 5.82 Å². The molecule has 2 rings (SSSR count). The Bertz CT molecular complexity index is 608. The summed E-state index contributed by atoms with van der Waals surface area (Å²) in [5, 5.41) is 3.07. The summed E-state index contributed by atoms with van der Waals surface area (Å²) in [5.74, 6) is -1.25. The van der Waals surface area contributed by atoms with Gasteiger partial charge in [0.15, 0.2) is 0 Å². The molecule has 0 aliphatic rings. The average molecular weight is 363 g/mol. The van der Waals surface area contributed by atoms with E-state index in [0.717, 1.165) is 0 Å². The van der Waals surface area contributed by atoms with E-state index in [1.54, 1.807) is 24.3 Å². The van der Waals surface area contributed by atoms with E-state index < -0.39 is 11.7 Å². The first-order chi connectivity index (χ1) is 9.00. The number of amides is 1. The third-order valence-corrected chi connectivity index (χ3v) is 3.68. The van der Waals surface area contributed by atoms with Crippen molar-refractivity contribution in [1.29, 1.82) is 0 Å². The Balaban J connectivity index is 2.37. The number of rotatable bonds is 2. The third-order valence-electron chi connectivity index (χ3n) is 2.39. The zero-order valence-corrected chi connectivity index (χ0v) is 12.5. The van der Waals surface area contributed by atoms with Crippen molar-refractivity contribution in [3.63, 3.8) is 0 Å². The maximum atomic E-state index is 13.6. The highest BCUT2D eigenvalue weighted by Crippen LogP contribution is 2.31. The lowest BCUT2D eigenvalue weighted by molar-refractivity contribution is 0.102. The lowest BCUT2D eigenvalue weighted by Gasteiger charge is -2.10. The summed E-state index contributed by atoms with van der Waals surface area (Å²) in [4.78, 5) is 12.1. The first-order valence-electron chi connectivity index (χ1n) is 5.20. The number of hydrogen-bond donors (Lipinski definition) is 1. The molecule has 0 aromatic heterocycles. The van der Waals surface area contributed by atoms with Gasteiger partial charge in [-0.25, -0.2) is 4.39 Å². The van der Waals surface area contributed by atoms with E-state index in [1.165, 1.54) is 12.1 Å². The van der Waals surface area contributed by atoms with Crippen LogP contribution in [-0.2, 0) is 0 Å².